The zero-order valence-electron chi connectivity index (χ0n) is 18.5. The number of ketones is 1. The largest absolute Gasteiger partial charge is 0.497 e. The number of thioether (sulfide) groups is 1. The Labute approximate surface area is 207 Å². The zero-order valence-corrected chi connectivity index (χ0v) is 20.1. The lowest BCUT2D eigenvalue weighted by molar-refractivity contribution is -0.127. The minimum absolute atomic E-state index is 0.0224. The Morgan fingerprint density at radius 1 is 1.12 bits per heavy atom. The molecule has 1 N–H and O–H groups in total. The molecule has 0 bridgehead atoms. The van der Waals surface area contributed by atoms with Gasteiger partial charge in [0, 0.05) is 45.4 Å². The molecule has 6 rings (SSSR count). The number of benzene rings is 3. The summed E-state index contributed by atoms with van der Waals surface area (Å²) >= 11 is 8.01. The summed E-state index contributed by atoms with van der Waals surface area (Å²) in [6, 6.07) is 22.7. The Morgan fingerprint density at radius 3 is 2.62 bits per heavy atom. The van der Waals surface area contributed by atoms with E-state index in [0.717, 1.165) is 22.6 Å². The zero-order chi connectivity index (χ0) is 23.4. The molecule has 3 unspecified atom stereocenters. The van der Waals surface area contributed by atoms with Gasteiger partial charge in [-0.1, -0.05) is 54.1 Å². The highest BCUT2D eigenvalue weighted by molar-refractivity contribution is 7.99. The number of Topliss-reactive ketones (excluding diaryl/α,β-unsaturated/α-hetero) is 1. The van der Waals surface area contributed by atoms with Crippen LogP contribution < -0.4 is 10.1 Å². The van der Waals surface area contributed by atoms with Crippen LogP contribution in [0.4, 0.5) is 5.69 Å². The standard InChI is InChI=1S/C27H23ClN2O3S/c1-33-19-11-12-21-20(13-19)27(26(32)29-21)24(25(31)17-5-3-2-4-6-17)23(22-14-34-15-30(22)27)16-7-9-18(28)10-8-16/h2-13,22-24H,14-15H2,1H3,(H,29,32)/t22?,23?,24?,27-/m1/s1. The minimum atomic E-state index is -1.12. The molecule has 3 aliphatic heterocycles. The minimum Gasteiger partial charge on any atom is -0.497 e. The van der Waals surface area contributed by atoms with Crippen LogP contribution in [0.1, 0.15) is 27.4 Å². The summed E-state index contributed by atoms with van der Waals surface area (Å²) in [5, 5.41) is 3.74. The summed E-state index contributed by atoms with van der Waals surface area (Å²) in [5.74, 6) is 1.26. The van der Waals surface area contributed by atoms with Gasteiger partial charge in [0.15, 0.2) is 5.78 Å². The van der Waals surface area contributed by atoms with Crippen molar-refractivity contribution in [2.24, 2.45) is 5.92 Å². The molecule has 5 nitrogen and oxygen atoms in total. The SMILES string of the molecule is COc1ccc2c(c1)[C@]1(C(=O)N2)C(C(=O)c2ccccc2)C(c2ccc(Cl)cc2)C2CSCN21. The highest BCUT2D eigenvalue weighted by atomic mass is 35.5. The fourth-order valence-corrected chi connectivity index (χ4v) is 7.47. The molecule has 2 fully saturated rings. The van der Waals surface area contributed by atoms with E-state index in [1.807, 2.05) is 72.8 Å². The second-order valence-corrected chi connectivity index (χ2v) is 10.4. The summed E-state index contributed by atoms with van der Waals surface area (Å²) in [6.07, 6.45) is 0. The van der Waals surface area contributed by atoms with Crippen molar-refractivity contribution in [3.05, 3.63) is 94.5 Å². The number of hydrogen-bond donors (Lipinski definition) is 1. The van der Waals surface area contributed by atoms with Crippen LogP contribution in [-0.4, -0.2) is 41.4 Å². The number of ether oxygens (including phenoxy) is 1. The van der Waals surface area contributed by atoms with Crippen LogP contribution >= 0.6 is 23.4 Å². The summed E-state index contributed by atoms with van der Waals surface area (Å²) in [5.41, 5.74) is 2.08. The van der Waals surface area contributed by atoms with Gasteiger partial charge in [-0.15, -0.1) is 11.8 Å². The monoisotopic (exact) mass is 490 g/mol. The van der Waals surface area contributed by atoms with Crippen molar-refractivity contribution in [2.45, 2.75) is 17.5 Å². The molecule has 34 heavy (non-hydrogen) atoms. The number of anilines is 1. The topological polar surface area (TPSA) is 58.6 Å². The molecule has 1 spiro atoms. The first-order valence-corrected chi connectivity index (χ1v) is 12.8. The molecule has 3 heterocycles. The van der Waals surface area contributed by atoms with Crippen molar-refractivity contribution in [1.29, 1.82) is 0 Å². The summed E-state index contributed by atoms with van der Waals surface area (Å²) in [7, 11) is 1.62. The van der Waals surface area contributed by atoms with Crippen molar-refractivity contribution in [2.75, 3.05) is 24.1 Å². The van der Waals surface area contributed by atoms with E-state index >= 15 is 0 Å². The van der Waals surface area contributed by atoms with Gasteiger partial charge in [0.05, 0.1) is 13.0 Å². The predicted octanol–water partition coefficient (Wildman–Crippen LogP) is 5.17. The van der Waals surface area contributed by atoms with E-state index < -0.39 is 11.5 Å². The molecule has 7 heteroatoms. The quantitative estimate of drug-likeness (QED) is 0.511. The van der Waals surface area contributed by atoms with Gasteiger partial charge in [-0.05, 0) is 35.9 Å². The van der Waals surface area contributed by atoms with Crippen molar-refractivity contribution < 1.29 is 14.3 Å². The van der Waals surface area contributed by atoms with E-state index in [0.29, 0.717) is 22.2 Å². The molecule has 0 aliphatic carbocycles. The number of rotatable bonds is 4. The molecule has 0 aromatic heterocycles. The van der Waals surface area contributed by atoms with Crippen LogP contribution in [0.2, 0.25) is 5.02 Å². The third-order valence-corrected chi connectivity index (χ3v) is 8.71. The van der Waals surface area contributed by atoms with Crippen molar-refractivity contribution in [3.63, 3.8) is 0 Å². The fourth-order valence-electron chi connectivity index (χ4n) is 6.02. The van der Waals surface area contributed by atoms with E-state index in [1.54, 1.807) is 18.9 Å². The number of amides is 1. The van der Waals surface area contributed by atoms with Crippen LogP contribution in [0.15, 0.2) is 72.8 Å². The Kier molecular flexibility index (Phi) is 5.21. The number of fused-ring (bicyclic) bond motifs is 4. The van der Waals surface area contributed by atoms with Crippen LogP contribution in [0, 0.1) is 5.92 Å². The maximum atomic E-state index is 14.3. The average molecular weight is 491 g/mol. The first-order valence-electron chi connectivity index (χ1n) is 11.2. The van der Waals surface area contributed by atoms with E-state index in [4.69, 9.17) is 16.3 Å². The summed E-state index contributed by atoms with van der Waals surface area (Å²) in [4.78, 5) is 30.6. The van der Waals surface area contributed by atoms with Crippen molar-refractivity contribution in [1.82, 2.24) is 4.90 Å². The molecular weight excluding hydrogens is 468 g/mol. The number of nitrogens with one attached hydrogen (secondary N) is 1. The Bertz CT molecular complexity index is 1280. The van der Waals surface area contributed by atoms with E-state index in [2.05, 4.69) is 10.2 Å². The molecule has 2 saturated heterocycles. The normalized spacial score (nSPS) is 27.5. The average Bonchev–Trinajstić information content (AvgIpc) is 3.53. The first kappa shape index (κ1) is 21.7. The van der Waals surface area contributed by atoms with Gasteiger partial charge in [-0.3, -0.25) is 14.5 Å². The Hall–Kier alpha value is -2.80. The molecule has 1 amide bonds. The first-order chi connectivity index (χ1) is 16.6. The molecule has 3 aromatic rings. The van der Waals surface area contributed by atoms with Crippen LogP contribution in [0.5, 0.6) is 5.75 Å². The molecule has 0 saturated carbocycles. The lowest BCUT2D eigenvalue weighted by Crippen LogP contribution is -2.52. The fraction of sp³-hybridized carbons (Fsp3) is 0.259. The number of halogens is 1. The molecular formula is C27H23ClN2O3S. The number of methoxy groups -OCH3 is 1. The molecule has 4 atom stereocenters. The van der Waals surface area contributed by atoms with Gasteiger partial charge in [-0.25, -0.2) is 0 Å². The van der Waals surface area contributed by atoms with Gasteiger partial charge in [0.25, 0.3) is 0 Å². The number of nitrogens with zero attached hydrogens (tertiary/aromatic N) is 1. The van der Waals surface area contributed by atoms with Crippen molar-refractivity contribution in [3.8, 4) is 5.75 Å². The second-order valence-electron chi connectivity index (χ2n) is 8.95. The van der Waals surface area contributed by atoms with Crippen molar-refractivity contribution >= 4 is 40.7 Å². The maximum Gasteiger partial charge on any atom is 0.250 e. The molecule has 0 radical (unpaired) electrons. The molecule has 3 aromatic carbocycles. The summed E-state index contributed by atoms with van der Waals surface area (Å²) in [6.45, 7) is 0. The molecule has 3 aliphatic rings. The Balaban J connectivity index is 1.62. The van der Waals surface area contributed by atoms with E-state index in [-0.39, 0.29) is 23.7 Å². The predicted molar refractivity (Wildman–Crippen MR) is 135 cm³/mol. The van der Waals surface area contributed by atoms with Gasteiger partial charge in [0.2, 0.25) is 5.91 Å². The highest BCUT2D eigenvalue weighted by Crippen LogP contribution is 2.61. The number of carbonyl (C=O) groups is 2. The maximum absolute atomic E-state index is 14.3. The van der Waals surface area contributed by atoms with Gasteiger partial charge >= 0.3 is 0 Å². The van der Waals surface area contributed by atoms with Crippen LogP contribution in [0.25, 0.3) is 0 Å². The van der Waals surface area contributed by atoms with E-state index in [9.17, 15) is 9.59 Å². The number of carbonyl (C=O) groups excluding carboxylic acids is 2. The second kappa shape index (κ2) is 8.15. The third-order valence-electron chi connectivity index (χ3n) is 7.42. The Morgan fingerprint density at radius 2 is 1.88 bits per heavy atom. The van der Waals surface area contributed by atoms with Gasteiger partial charge < -0.3 is 10.1 Å². The van der Waals surface area contributed by atoms with Gasteiger partial charge in [0.1, 0.15) is 11.3 Å². The number of hydrogen-bond acceptors (Lipinski definition) is 5. The summed E-state index contributed by atoms with van der Waals surface area (Å²) < 4.78 is 5.53. The van der Waals surface area contributed by atoms with Crippen LogP contribution in [-0.2, 0) is 10.3 Å². The lowest BCUT2D eigenvalue weighted by Gasteiger charge is -2.36. The third kappa shape index (κ3) is 2.98. The highest BCUT2D eigenvalue weighted by Gasteiger charge is 2.69. The molecule has 172 valence electrons. The lowest BCUT2D eigenvalue weighted by atomic mass is 9.69. The smallest absolute Gasteiger partial charge is 0.250 e. The van der Waals surface area contributed by atoms with Crippen LogP contribution in [0.3, 0.4) is 0 Å². The van der Waals surface area contributed by atoms with E-state index in [1.165, 1.54) is 0 Å². The van der Waals surface area contributed by atoms with Gasteiger partial charge in [-0.2, -0.15) is 0 Å².